The Hall–Kier alpha value is -0.730. The van der Waals surface area contributed by atoms with Crippen molar-refractivity contribution in [2.75, 3.05) is 13.2 Å². The number of benzene rings is 1. The van der Waals surface area contributed by atoms with Crippen LogP contribution in [-0.4, -0.2) is 18.7 Å². The molecule has 3 heteroatoms. The minimum atomic E-state index is 0.134. The van der Waals surface area contributed by atoms with Crippen LogP contribution < -0.4 is 10.1 Å². The van der Waals surface area contributed by atoms with Crippen molar-refractivity contribution in [2.45, 2.75) is 64.3 Å². The normalized spacial score (nSPS) is 17.0. The number of hydrogen-bond acceptors (Lipinski definition) is 2. The highest BCUT2D eigenvalue weighted by atomic mass is 35.5. The molecule has 0 saturated heterocycles. The zero-order valence-corrected chi connectivity index (χ0v) is 14.3. The van der Waals surface area contributed by atoms with Crippen LogP contribution in [0.3, 0.4) is 0 Å². The molecule has 1 N–H and O–H groups in total. The summed E-state index contributed by atoms with van der Waals surface area (Å²) in [5, 5.41) is 4.27. The molecular formula is C18H28ClNO. The molecule has 1 aliphatic carbocycles. The maximum absolute atomic E-state index is 6.19. The second kappa shape index (κ2) is 7.51. The quantitative estimate of drug-likeness (QED) is 0.759. The second-order valence-electron chi connectivity index (χ2n) is 7.04. The van der Waals surface area contributed by atoms with Crippen molar-refractivity contribution in [3.63, 3.8) is 0 Å². The summed E-state index contributed by atoms with van der Waals surface area (Å²) < 4.78 is 6.02. The highest BCUT2D eigenvalue weighted by Crippen LogP contribution is 2.38. The molecule has 1 aliphatic rings. The Kier molecular flexibility index (Phi) is 5.95. The van der Waals surface area contributed by atoms with Gasteiger partial charge in [0.25, 0.3) is 0 Å². The van der Waals surface area contributed by atoms with Crippen LogP contribution in [0.4, 0.5) is 0 Å². The van der Waals surface area contributed by atoms with Crippen LogP contribution in [0.1, 0.15) is 64.4 Å². The van der Waals surface area contributed by atoms with E-state index in [-0.39, 0.29) is 5.54 Å². The molecule has 1 saturated carbocycles. The van der Waals surface area contributed by atoms with E-state index in [0.29, 0.717) is 12.5 Å². The monoisotopic (exact) mass is 309 g/mol. The molecule has 0 bridgehead atoms. The minimum Gasteiger partial charge on any atom is -0.492 e. The van der Waals surface area contributed by atoms with E-state index in [1.165, 1.54) is 37.7 Å². The van der Waals surface area contributed by atoms with Gasteiger partial charge in [-0.05, 0) is 63.3 Å². The zero-order valence-electron chi connectivity index (χ0n) is 13.5. The summed E-state index contributed by atoms with van der Waals surface area (Å²) in [6.45, 7) is 8.06. The Morgan fingerprint density at radius 2 is 1.90 bits per heavy atom. The lowest BCUT2D eigenvalue weighted by Gasteiger charge is -2.25. The molecule has 2 rings (SSSR count). The molecule has 118 valence electrons. The fraction of sp³-hybridized carbons (Fsp3) is 0.667. The predicted molar refractivity (Wildman–Crippen MR) is 90.5 cm³/mol. The van der Waals surface area contributed by atoms with Gasteiger partial charge in [-0.25, -0.2) is 0 Å². The topological polar surface area (TPSA) is 21.3 Å². The molecule has 1 aromatic rings. The van der Waals surface area contributed by atoms with Crippen LogP contribution in [0.15, 0.2) is 18.2 Å². The Labute approximate surface area is 134 Å². The lowest BCUT2D eigenvalue weighted by atomic mass is 9.84. The molecule has 21 heavy (non-hydrogen) atoms. The molecule has 0 unspecified atom stereocenters. The third kappa shape index (κ3) is 5.52. The van der Waals surface area contributed by atoms with Gasteiger partial charge in [0.2, 0.25) is 0 Å². The fourth-order valence-electron chi connectivity index (χ4n) is 2.97. The van der Waals surface area contributed by atoms with Crippen molar-refractivity contribution in [1.82, 2.24) is 5.32 Å². The van der Waals surface area contributed by atoms with Crippen molar-refractivity contribution < 1.29 is 4.74 Å². The first-order chi connectivity index (χ1) is 9.96. The van der Waals surface area contributed by atoms with E-state index in [0.717, 1.165) is 17.3 Å². The molecule has 1 fully saturated rings. The van der Waals surface area contributed by atoms with Crippen LogP contribution >= 0.6 is 11.6 Å². The summed E-state index contributed by atoms with van der Waals surface area (Å²) in [6.07, 6.45) is 6.53. The predicted octanol–water partition coefficient (Wildman–Crippen LogP) is 5.15. The summed E-state index contributed by atoms with van der Waals surface area (Å²) in [7, 11) is 0. The smallest absolute Gasteiger partial charge is 0.122 e. The van der Waals surface area contributed by atoms with Gasteiger partial charge < -0.3 is 10.1 Å². The number of ether oxygens (including phenoxy) is 1. The Balaban J connectivity index is 1.98. The van der Waals surface area contributed by atoms with Gasteiger partial charge in [-0.15, -0.1) is 0 Å². The van der Waals surface area contributed by atoms with Crippen LogP contribution in [0.5, 0.6) is 5.75 Å². The Bertz CT molecular complexity index is 447. The van der Waals surface area contributed by atoms with E-state index >= 15 is 0 Å². The molecule has 0 aliphatic heterocycles. The molecule has 1 aromatic carbocycles. The largest absolute Gasteiger partial charge is 0.492 e. The average molecular weight is 310 g/mol. The van der Waals surface area contributed by atoms with Gasteiger partial charge in [0, 0.05) is 17.1 Å². The van der Waals surface area contributed by atoms with Crippen LogP contribution in [-0.2, 0) is 0 Å². The van der Waals surface area contributed by atoms with Crippen LogP contribution in [0.2, 0.25) is 5.02 Å². The average Bonchev–Trinajstić information content (AvgIpc) is 2.45. The number of rotatable bonds is 5. The van der Waals surface area contributed by atoms with E-state index in [1.54, 1.807) is 0 Å². The standard InChI is InChI=1S/C18H28ClNO/c1-18(2,3)20-11-12-21-17-10-9-15(19)13-16(17)14-7-5-4-6-8-14/h9-10,13-14,20H,4-8,11-12H2,1-3H3. The summed E-state index contributed by atoms with van der Waals surface area (Å²) in [5.41, 5.74) is 1.44. The number of halogens is 1. The Morgan fingerprint density at radius 1 is 1.19 bits per heavy atom. The zero-order chi connectivity index (χ0) is 15.3. The van der Waals surface area contributed by atoms with Crippen LogP contribution in [0, 0.1) is 0 Å². The van der Waals surface area contributed by atoms with Gasteiger partial charge in [0.1, 0.15) is 12.4 Å². The van der Waals surface area contributed by atoms with Gasteiger partial charge in [-0.3, -0.25) is 0 Å². The first kappa shape index (κ1) is 16.6. The van der Waals surface area contributed by atoms with Gasteiger partial charge >= 0.3 is 0 Å². The van der Waals surface area contributed by atoms with Crippen LogP contribution in [0.25, 0.3) is 0 Å². The number of nitrogens with one attached hydrogen (secondary N) is 1. The molecule has 0 heterocycles. The SMILES string of the molecule is CC(C)(C)NCCOc1ccc(Cl)cc1C1CCCCC1. The molecule has 0 spiro atoms. The van der Waals surface area contributed by atoms with Gasteiger partial charge in [0.05, 0.1) is 0 Å². The van der Waals surface area contributed by atoms with E-state index < -0.39 is 0 Å². The third-order valence-corrected chi connectivity index (χ3v) is 4.27. The van der Waals surface area contributed by atoms with E-state index in [1.807, 2.05) is 12.1 Å². The lowest BCUT2D eigenvalue weighted by Crippen LogP contribution is -2.38. The first-order valence-corrected chi connectivity index (χ1v) is 8.51. The molecule has 0 amide bonds. The van der Waals surface area contributed by atoms with E-state index in [2.05, 4.69) is 32.2 Å². The summed E-state index contributed by atoms with van der Waals surface area (Å²) in [6, 6.07) is 6.06. The number of hydrogen-bond donors (Lipinski definition) is 1. The highest BCUT2D eigenvalue weighted by Gasteiger charge is 2.19. The van der Waals surface area contributed by atoms with Crippen molar-refractivity contribution in [3.8, 4) is 5.75 Å². The maximum atomic E-state index is 6.19. The lowest BCUT2D eigenvalue weighted by molar-refractivity contribution is 0.285. The van der Waals surface area contributed by atoms with E-state index in [9.17, 15) is 0 Å². The van der Waals surface area contributed by atoms with Gasteiger partial charge in [0.15, 0.2) is 0 Å². The molecular weight excluding hydrogens is 282 g/mol. The fourth-order valence-corrected chi connectivity index (χ4v) is 3.15. The summed E-state index contributed by atoms with van der Waals surface area (Å²) >= 11 is 6.19. The minimum absolute atomic E-state index is 0.134. The van der Waals surface area contributed by atoms with Crippen molar-refractivity contribution in [2.24, 2.45) is 0 Å². The van der Waals surface area contributed by atoms with Crippen molar-refractivity contribution in [1.29, 1.82) is 0 Å². The highest BCUT2D eigenvalue weighted by molar-refractivity contribution is 6.30. The van der Waals surface area contributed by atoms with E-state index in [4.69, 9.17) is 16.3 Å². The second-order valence-corrected chi connectivity index (χ2v) is 7.48. The summed E-state index contributed by atoms with van der Waals surface area (Å²) in [4.78, 5) is 0. The van der Waals surface area contributed by atoms with Crippen molar-refractivity contribution >= 4 is 11.6 Å². The third-order valence-electron chi connectivity index (χ3n) is 4.03. The molecule has 0 aromatic heterocycles. The molecule has 2 nitrogen and oxygen atoms in total. The molecule has 0 atom stereocenters. The maximum Gasteiger partial charge on any atom is 0.122 e. The Morgan fingerprint density at radius 3 is 2.57 bits per heavy atom. The first-order valence-electron chi connectivity index (χ1n) is 8.13. The van der Waals surface area contributed by atoms with Gasteiger partial charge in [-0.1, -0.05) is 30.9 Å². The molecule has 0 radical (unpaired) electrons. The van der Waals surface area contributed by atoms with Crippen molar-refractivity contribution in [3.05, 3.63) is 28.8 Å². The summed E-state index contributed by atoms with van der Waals surface area (Å²) in [5.74, 6) is 1.63. The van der Waals surface area contributed by atoms with Gasteiger partial charge in [-0.2, -0.15) is 0 Å².